The van der Waals surface area contributed by atoms with E-state index >= 15 is 0 Å². The van der Waals surface area contributed by atoms with Gasteiger partial charge < -0.3 is 16.0 Å². The maximum atomic E-state index is 12.9. The summed E-state index contributed by atoms with van der Waals surface area (Å²) in [5.74, 6) is 1.05. The van der Waals surface area contributed by atoms with Gasteiger partial charge in [0.2, 0.25) is 5.95 Å². The number of amides is 1. The van der Waals surface area contributed by atoms with Gasteiger partial charge in [-0.05, 0) is 48.2 Å². The molecule has 7 heteroatoms. The lowest BCUT2D eigenvalue weighted by Crippen LogP contribution is -2.31. The molecule has 0 saturated carbocycles. The Balaban J connectivity index is 1.50. The minimum Gasteiger partial charge on any atom is -0.336 e. The third-order valence-electron chi connectivity index (χ3n) is 5.78. The molecule has 1 aliphatic heterocycles. The van der Waals surface area contributed by atoms with Gasteiger partial charge in [-0.3, -0.25) is 4.79 Å². The van der Waals surface area contributed by atoms with Crippen LogP contribution in [0.15, 0.2) is 48.7 Å². The second-order valence-electron chi connectivity index (χ2n) is 8.42. The lowest BCUT2D eigenvalue weighted by molar-refractivity contribution is 0.0795. The molecule has 6 nitrogen and oxygen atoms in total. The number of nitrogens with zero attached hydrogens (tertiary/aromatic N) is 3. The fourth-order valence-corrected chi connectivity index (χ4v) is 5.04. The van der Waals surface area contributed by atoms with E-state index in [2.05, 4.69) is 36.3 Å². The Hall–Kier alpha value is -3.03. The zero-order valence-corrected chi connectivity index (χ0v) is 18.4. The van der Waals surface area contributed by atoms with Gasteiger partial charge in [0.1, 0.15) is 0 Å². The first kappa shape index (κ1) is 19.9. The van der Waals surface area contributed by atoms with Crippen LogP contribution in [0.25, 0.3) is 21.0 Å². The van der Waals surface area contributed by atoms with E-state index in [0.29, 0.717) is 18.4 Å². The average molecular weight is 432 g/mol. The summed E-state index contributed by atoms with van der Waals surface area (Å²) in [5, 5.41) is 5.26. The molecular formula is C24H25N5OS. The number of carbonyl (C=O) groups excluding carboxylic acids is 1. The van der Waals surface area contributed by atoms with Crippen LogP contribution in [0.5, 0.6) is 0 Å². The topological polar surface area (TPSA) is 84.1 Å². The Morgan fingerprint density at radius 2 is 2.13 bits per heavy atom. The number of nitrogens with one attached hydrogen (secondary N) is 1. The molecule has 0 aliphatic carbocycles. The lowest BCUT2D eigenvalue weighted by Gasteiger charge is -2.13. The summed E-state index contributed by atoms with van der Waals surface area (Å²) in [6.45, 7) is 5.70. The summed E-state index contributed by atoms with van der Waals surface area (Å²) in [6.07, 6.45) is 2.69. The normalized spacial score (nSPS) is 16.5. The molecule has 0 spiro atoms. The Morgan fingerprint density at radius 3 is 2.90 bits per heavy atom. The van der Waals surface area contributed by atoms with E-state index < -0.39 is 0 Å². The van der Waals surface area contributed by atoms with Crippen molar-refractivity contribution in [3.8, 4) is 0 Å². The molecule has 31 heavy (non-hydrogen) atoms. The number of rotatable bonds is 4. The van der Waals surface area contributed by atoms with E-state index in [9.17, 15) is 4.79 Å². The summed E-state index contributed by atoms with van der Waals surface area (Å²) in [7, 11) is 0. The molecular weight excluding hydrogens is 406 g/mol. The van der Waals surface area contributed by atoms with Crippen molar-refractivity contribution in [1.29, 1.82) is 0 Å². The highest BCUT2D eigenvalue weighted by Gasteiger charge is 2.26. The molecule has 1 amide bonds. The van der Waals surface area contributed by atoms with Crippen molar-refractivity contribution in [2.24, 2.45) is 5.73 Å². The van der Waals surface area contributed by atoms with Gasteiger partial charge in [0.15, 0.2) is 0 Å². The molecule has 5 rings (SSSR count). The van der Waals surface area contributed by atoms with Gasteiger partial charge in [0.25, 0.3) is 5.91 Å². The number of fused-ring (bicyclic) bond motifs is 3. The SMILES string of the molecule is CC(C)c1cccc(Nc2ncc3ccc4sc(C(=O)N5CCC(N)C5)cc4c3n2)c1. The highest BCUT2D eigenvalue weighted by Crippen LogP contribution is 2.33. The number of benzene rings is 2. The Bertz CT molecular complexity index is 1280. The molecule has 1 saturated heterocycles. The number of hydrogen-bond donors (Lipinski definition) is 2. The molecule has 2 aromatic carbocycles. The van der Waals surface area contributed by atoms with Gasteiger partial charge in [-0.2, -0.15) is 0 Å². The quantitative estimate of drug-likeness (QED) is 0.481. The van der Waals surface area contributed by atoms with Gasteiger partial charge in [0.05, 0.1) is 10.4 Å². The molecule has 1 atom stereocenters. The number of anilines is 2. The van der Waals surface area contributed by atoms with Crippen molar-refractivity contribution < 1.29 is 4.79 Å². The number of hydrogen-bond acceptors (Lipinski definition) is 6. The van der Waals surface area contributed by atoms with Crippen molar-refractivity contribution in [3.63, 3.8) is 0 Å². The Labute approximate surface area is 185 Å². The largest absolute Gasteiger partial charge is 0.336 e. The Morgan fingerprint density at radius 1 is 1.26 bits per heavy atom. The van der Waals surface area contributed by atoms with Crippen LogP contribution in [0.3, 0.4) is 0 Å². The minimum absolute atomic E-state index is 0.0557. The molecule has 1 aliphatic rings. The van der Waals surface area contributed by atoms with Crippen molar-refractivity contribution in [3.05, 3.63) is 59.1 Å². The third kappa shape index (κ3) is 3.86. The summed E-state index contributed by atoms with van der Waals surface area (Å²) in [6, 6.07) is 14.4. The number of nitrogens with two attached hydrogens (primary N) is 1. The zero-order chi connectivity index (χ0) is 21.5. The van der Waals surface area contributed by atoms with E-state index in [4.69, 9.17) is 10.7 Å². The summed E-state index contributed by atoms with van der Waals surface area (Å²) in [4.78, 5) is 24.8. The number of aromatic nitrogens is 2. The molecule has 1 fully saturated rings. The maximum absolute atomic E-state index is 12.9. The van der Waals surface area contributed by atoms with Gasteiger partial charge in [-0.25, -0.2) is 9.97 Å². The standard InChI is InChI=1S/C24H25N5OS/c1-14(2)15-4-3-5-18(10-15)27-24-26-12-16-6-7-20-19(22(16)28-24)11-21(31-20)23(30)29-9-8-17(25)13-29/h3-7,10-12,14,17H,8-9,13,25H2,1-2H3,(H,26,27,28). The Kier molecular flexibility index (Phi) is 5.08. The van der Waals surface area contributed by atoms with Crippen molar-refractivity contribution in [2.45, 2.75) is 32.2 Å². The smallest absolute Gasteiger partial charge is 0.264 e. The summed E-state index contributed by atoms with van der Waals surface area (Å²) < 4.78 is 1.05. The first-order valence-electron chi connectivity index (χ1n) is 10.6. The van der Waals surface area contributed by atoms with Crippen LogP contribution < -0.4 is 11.1 Å². The highest BCUT2D eigenvalue weighted by atomic mass is 32.1. The minimum atomic E-state index is 0.0557. The first-order chi connectivity index (χ1) is 15.0. The van der Waals surface area contributed by atoms with Crippen LogP contribution in [-0.2, 0) is 0 Å². The predicted molar refractivity (Wildman–Crippen MR) is 127 cm³/mol. The van der Waals surface area contributed by atoms with Crippen LogP contribution in [0.1, 0.15) is 41.4 Å². The van der Waals surface area contributed by atoms with Gasteiger partial charge in [-0.1, -0.05) is 26.0 Å². The fourth-order valence-electron chi connectivity index (χ4n) is 4.01. The van der Waals surface area contributed by atoms with Gasteiger partial charge in [0, 0.05) is 46.5 Å². The molecule has 1 unspecified atom stereocenters. The fraction of sp³-hybridized carbons (Fsp3) is 0.292. The van der Waals surface area contributed by atoms with E-state index in [-0.39, 0.29) is 11.9 Å². The molecule has 3 N–H and O–H groups in total. The highest BCUT2D eigenvalue weighted by molar-refractivity contribution is 7.21. The van der Waals surface area contributed by atoms with E-state index in [0.717, 1.165) is 44.5 Å². The lowest BCUT2D eigenvalue weighted by atomic mass is 10.0. The molecule has 2 aromatic heterocycles. The summed E-state index contributed by atoms with van der Waals surface area (Å²) >= 11 is 1.51. The average Bonchev–Trinajstić information content (AvgIpc) is 3.40. The molecule has 0 bridgehead atoms. The van der Waals surface area contributed by atoms with E-state index in [1.54, 1.807) is 0 Å². The predicted octanol–water partition coefficient (Wildman–Crippen LogP) is 4.88. The van der Waals surface area contributed by atoms with Crippen LogP contribution >= 0.6 is 11.3 Å². The van der Waals surface area contributed by atoms with E-state index in [1.807, 2.05) is 41.4 Å². The van der Waals surface area contributed by atoms with Crippen LogP contribution in [0.4, 0.5) is 11.6 Å². The van der Waals surface area contributed by atoms with E-state index in [1.165, 1.54) is 16.9 Å². The second kappa shape index (κ2) is 7.90. The molecule has 0 radical (unpaired) electrons. The van der Waals surface area contributed by atoms with Crippen LogP contribution in [0.2, 0.25) is 0 Å². The summed E-state index contributed by atoms with van der Waals surface area (Å²) in [5.41, 5.74) is 9.05. The molecule has 158 valence electrons. The number of thiophene rings is 1. The zero-order valence-electron chi connectivity index (χ0n) is 17.6. The van der Waals surface area contributed by atoms with Gasteiger partial charge >= 0.3 is 0 Å². The molecule has 3 heterocycles. The maximum Gasteiger partial charge on any atom is 0.264 e. The van der Waals surface area contributed by atoms with Crippen LogP contribution in [-0.4, -0.2) is 39.9 Å². The monoisotopic (exact) mass is 431 g/mol. The van der Waals surface area contributed by atoms with Crippen molar-refractivity contribution in [1.82, 2.24) is 14.9 Å². The number of carbonyl (C=O) groups is 1. The molecule has 4 aromatic rings. The van der Waals surface area contributed by atoms with Crippen LogP contribution in [0, 0.1) is 0 Å². The van der Waals surface area contributed by atoms with Crippen molar-refractivity contribution >= 4 is 49.9 Å². The second-order valence-corrected chi connectivity index (χ2v) is 9.51. The van der Waals surface area contributed by atoms with Crippen molar-refractivity contribution in [2.75, 3.05) is 18.4 Å². The number of likely N-dealkylation sites (tertiary alicyclic amines) is 1. The first-order valence-corrected chi connectivity index (χ1v) is 11.4. The third-order valence-corrected chi connectivity index (χ3v) is 6.87. The van der Waals surface area contributed by atoms with Gasteiger partial charge in [-0.15, -0.1) is 11.3 Å².